The first-order valence-electron chi connectivity index (χ1n) is 6.82. The molecule has 5 heteroatoms. The van der Waals surface area contributed by atoms with E-state index in [1.54, 1.807) is 19.1 Å². The normalized spacial score (nSPS) is 18.1. The minimum Gasteiger partial charge on any atom is -0.497 e. The van der Waals surface area contributed by atoms with Crippen LogP contribution in [-0.2, 0) is 11.3 Å². The summed E-state index contributed by atoms with van der Waals surface area (Å²) in [4.78, 5) is 13.8. The van der Waals surface area contributed by atoms with Crippen LogP contribution in [0, 0.1) is 6.92 Å². The SMILES string of the molecule is COc1cc(C)cc(CNC(=O)N2CC[C@H](OC)C2)c1. The molecule has 0 saturated carbocycles. The fourth-order valence-corrected chi connectivity index (χ4v) is 2.44. The molecular weight excluding hydrogens is 256 g/mol. The lowest BCUT2D eigenvalue weighted by atomic mass is 10.1. The highest BCUT2D eigenvalue weighted by molar-refractivity contribution is 5.74. The molecule has 2 rings (SSSR count). The molecule has 20 heavy (non-hydrogen) atoms. The van der Waals surface area contributed by atoms with E-state index in [2.05, 4.69) is 5.32 Å². The third kappa shape index (κ3) is 3.63. The van der Waals surface area contributed by atoms with Crippen molar-refractivity contribution in [1.29, 1.82) is 0 Å². The Bertz CT molecular complexity index is 476. The second-order valence-corrected chi connectivity index (χ2v) is 5.11. The molecule has 0 unspecified atom stereocenters. The maximum Gasteiger partial charge on any atom is 0.317 e. The number of nitrogens with one attached hydrogen (secondary N) is 1. The topological polar surface area (TPSA) is 50.8 Å². The summed E-state index contributed by atoms with van der Waals surface area (Å²) in [5.74, 6) is 0.815. The van der Waals surface area contributed by atoms with Gasteiger partial charge in [0.25, 0.3) is 0 Å². The maximum absolute atomic E-state index is 12.0. The van der Waals surface area contributed by atoms with E-state index in [0.29, 0.717) is 13.1 Å². The van der Waals surface area contributed by atoms with E-state index in [0.717, 1.165) is 29.8 Å². The number of urea groups is 1. The fourth-order valence-electron chi connectivity index (χ4n) is 2.44. The Kier molecular flexibility index (Phi) is 4.84. The Balaban J connectivity index is 1.89. The van der Waals surface area contributed by atoms with E-state index in [1.807, 2.05) is 25.1 Å². The summed E-state index contributed by atoms with van der Waals surface area (Å²) in [6.07, 6.45) is 1.07. The lowest BCUT2D eigenvalue weighted by Gasteiger charge is -2.17. The summed E-state index contributed by atoms with van der Waals surface area (Å²) in [5.41, 5.74) is 2.16. The number of aryl methyl sites for hydroxylation is 1. The summed E-state index contributed by atoms with van der Waals surface area (Å²) < 4.78 is 10.5. The largest absolute Gasteiger partial charge is 0.497 e. The van der Waals surface area contributed by atoms with Gasteiger partial charge in [-0.1, -0.05) is 6.07 Å². The molecule has 1 atom stereocenters. The molecule has 0 aliphatic carbocycles. The molecule has 1 N–H and O–H groups in total. The molecule has 1 fully saturated rings. The zero-order valence-corrected chi connectivity index (χ0v) is 12.3. The highest BCUT2D eigenvalue weighted by Gasteiger charge is 2.25. The maximum atomic E-state index is 12.0. The molecule has 0 bridgehead atoms. The van der Waals surface area contributed by atoms with Crippen LogP contribution in [0.4, 0.5) is 4.79 Å². The van der Waals surface area contributed by atoms with Crippen molar-refractivity contribution >= 4 is 6.03 Å². The number of hydrogen-bond donors (Lipinski definition) is 1. The van der Waals surface area contributed by atoms with Crippen LogP contribution in [0.15, 0.2) is 18.2 Å². The molecule has 1 saturated heterocycles. The molecule has 5 nitrogen and oxygen atoms in total. The van der Waals surface area contributed by atoms with Crippen LogP contribution in [0.2, 0.25) is 0 Å². The molecule has 110 valence electrons. The van der Waals surface area contributed by atoms with Gasteiger partial charge >= 0.3 is 6.03 Å². The third-order valence-electron chi connectivity index (χ3n) is 3.56. The molecule has 1 heterocycles. The average Bonchev–Trinajstić information content (AvgIpc) is 2.93. The van der Waals surface area contributed by atoms with E-state index < -0.39 is 0 Å². The number of nitrogens with zero attached hydrogens (tertiary/aromatic N) is 1. The van der Waals surface area contributed by atoms with Crippen LogP contribution >= 0.6 is 0 Å². The van der Waals surface area contributed by atoms with Crippen LogP contribution in [0.3, 0.4) is 0 Å². The highest BCUT2D eigenvalue weighted by atomic mass is 16.5. The quantitative estimate of drug-likeness (QED) is 0.915. The summed E-state index contributed by atoms with van der Waals surface area (Å²) in [7, 11) is 3.33. The highest BCUT2D eigenvalue weighted by Crippen LogP contribution is 2.16. The average molecular weight is 278 g/mol. The second-order valence-electron chi connectivity index (χ2n) is 5.11. The Morgan fingerprint density at radius 2 is 2.20 bits per heavy atom. The molecule has 1 aromatic rings. The van der Waals surface area contributed by atoms with Gasteiger partial charge in [-0.3, -0.25) is 0 Å². The van der Waals surface area contributed by atoms with E-state index in [-0.39, 0.29) is 12.1 Å². The number of rotatable bonds is 4. The predicted molar refractivity (Wildman–Crippen MR) is 77.0 cm³/mol. The first-order valence-corrected chi connectivity index (χ1v) is 6.82. The summed E-state index contributed by atoms with van der Waals surface area (Å²) in [6.45, 7) is 3.93. The van der Waals surface area contributed by atoms with Crippen LogP contribution in [0.25, 0.3) is 0 Å². The zero-order chi connectivity index (χ0) is 14.5. The van der Waals surface area contributed by atoms with Gasteiger partial charge < -0.3 is 19.7 Å². The van der Waals surface area contributed by atoms with Gasteiger partial charge in [0.2, 0.25) is 0 Å². The number of ether oxygens (including phenoxy) is 2. The van der Waals surface area contributed by atoms with Crippen LogP contribution < -0.4 is 10.1 Å². The Hall–Kier alpha value is -1.75. The van der Waals surface area contributed by atoms with Crippen molar-refractivity contribution in [3.8, 4) is 5.75 Å². The van der Waals surface area contributed by atoms with Crippen molar-refractivity contribution < 1.29 is 14.3 Å². The Morgan fingerprint density at radius 3 is 2.85 bits per heavy atom. The predicted octanol–water partition coefficient (Wildman–Crippen LogP) is 1.93. The molecule has 0 radical (unpaired) electrons. The van der Waals surface area contributed by atoms with E-state index >= 15 is 0 Å². The minimum atomic E-state index is -0.0370. The van der Waals surface area contributed by atoms with Gasteiger partial charge in [0, 0.05) is 26.7 Å². The molecule has 0 spiro atoms. The van der Waals surface area contributed by atoms with Gasteiger partial charge in [-0.2, -0.15) is 0 Å². The van der Waals surface area contributed by atoms with Crippen molar-refractivity contribution in [1.82, 2.24) is 10.2 Å². The molecule has 1 aromatic carbocycles. The van der Waals surface area contributed by atoms with Gasteiger partial charge in [-0.25, -0.2) is 4.79 Å². The first kappa shape index (κ1) is 14.7. The number of carbonyl (C=O) groups excluding carboxylic acids is 1. The van der Waals surface area contributed by atoms with Crippen molar-refractivity contribution in [3.63, 3.8) is 0 Å². The molecule has 1 aliphatic heterocycles. The Labute approximate surface area is 119 Å². The molecule has 1 aliphatic rings. The molecule has 0 aromatic heterocycles. The van der Waals surface area contributed by atoms with E-state index in [1.165, 1.54) is 0 Å². The van der Waals surface area contributed by atoms with Crippen LogP contribution in [0.5, 0.6) is 5.75 Å². The summed E-state index contributed by atoms with van der Waals surface area (Å²) in [6, 6.07) is 5.92. The van der Waals surface area contributed by atoms with E-state index in [4.69, 9.17) is 9.47 Å². The lowest BCUT2D eigenvalue weighted by molar-refractivity contribution is 0.110. The smallest absolute Gasteiger partial charge is 0.317 e. The number of amides is 2. The van der Waals surface area contributed by atoms with Gasteiger partial charge in [0.05, 0.1) is 13.2 Å². The number of methoxy groups -OCH3 is 2. The first-order chi connectivity index (χ1) is 9.62. The third-order valence-corrected chi connectivity index (χ3v) is 3.56. The lowest BCUT2D eigenvalue weighted by Crippen LogP contribution is -2.38. The van der Waals surface area contributed by atoms with Crippen LogP contribution in [-0.4, -0.2) is 44.3 Å². The monoisotopic (exact) mass is 278 g/mol. The molecular formula is C15H22N2O3. The van der Waals surface area contributed by atoms with Gasteiger partial charge in [0.15, 0.2) is 0 Å². The number of carbonyl (C=O) groups is 1. The number of hydrogen-bond acceptors (Lipinski definition) is 3. The van der Waals surface area contributed by atoms with Gasteiger partial charge in [-0.15, -0.1) is 0 Å². The summed E-state index contributed by atoms with van der Waals surface area (Å²) >= 11 is 0. The standard InChI is InChI=1S/C15H22N2O3/c1-11-6-12(8-14(7-11)20-3)9-16-15(18)17-5-4-13(10-17)19-2/h6-8,13H,4-5,9-10H2,1-3H3,(H,16,18)/t13-/m0/s1. The minimum absolute atomic E-state index is 0.0370. The van der Waals surface area contributed by atoms with Crippen molar-refractivity contribution in [2.24, 2.45) is 0 Å². The van der Waals surface area contributed by atoms with E-state index in [9.17, 15) is 4.79 Å². The number of likely N-dealkylation sites (tertiary alicyclic amines) is 1. The Morgan fingerprint density at radius 1 is 1.40 bits per heavy atom. The second kappa shape index (κ2) is 6.61. The van der Waals surface area contributed by atoms with Crippen molar-refractivity contribution in [2.75, 3.05) is 27.3 Å². The fraction of sp³-hybridized carbons (Fsp3) is 0.533. The van der Waals surface area contributed by atoms with Gasteiger partial charge in [-0.05, 0) is 36.6 Å². The zero-order valence-electron chi connectivity index (χ0n) is 12.3. The van der Waals surface area contributed by atoms with Crippen molar-refractivity contribution in [2.45, 2.75) is 26.0 Å². The number of benzene rings is 1. The summed E-state index contributed by atoms with van der Waals surface area (Å²) in [5, 5.41) is 2.94. The molecule has 2 amide bonds. The van der Waals surface area contributed by atoms with Crippen LogP contribution in [0.1, 0.15) is 17.5 Å². The van der Waals surface area contributed by atoms with Gasteiger partial charge in [0.1, 0.15) is 5.75 Å². The van der Waals surface area contributed by atoms with Crippen molar-refractivity contribution in [3.05, 3.63) is 29.3 Å².